The number of carbonyl (C=O) groups is 2. The summed E-state index contributed by atoms with van der Waals surface area (Å²) in [7, 11) is 0. The van der Waals surface area contributed by atoms with Crippen LogP contribution in [0.15, 0.2) is 60.7 Å². The molecular formula is C24H27N3O3. The molecule has 156 valence electrons. The van der Waals surface area contributed by atoms with Crippen LogP contribution in [0.5, 0.6) is 0 Å². The second kappa shape index (κ2) is 9.87. The minimum absolute atomic E-state index is 0.265. The van der Waals surface area contributed by atoms with Crippen LogP contribution >= 0.6 is 0 Å². The summed E-state index contributed by atoms with van der Waals surface area (Å²) in [6.45, 7) is 6.64. The molecular weight excluding hydrogens is 378 g/mol. The Morgan fingerprint density at radius 2 is 1.73 bits per heavy atom. The van der Waals surface area contributed by atoms with Crippen molar-refractivity contribution < 1.29 is 14.3 Å². The predicted octanol–water partition coefficient (Wildman–Crippen LogP) is 3.45. The van der Waals surface area contributed by atoms with Crippen LogP contribution in [0.1, 0.15) is 39.8 Å². The number of ether oxygens (including phenoxy) is 1. The zero-order valence-electron chi connectivity index (χ0n) is 17.6. The van der Waals surface area contributed by atoms with Gasteiger partial charge in [0.1, 0.15) is 6.04 Å². The molecule has 2 aromatic carbocycles. The first kappa shape index (κ1) is 21.3. The molecule has 1 amide bonds. The number of nitrogens with one attached hydrogen (secondary N) is 1. The number of hydrogen-bond acceptors (Lipinski definition) is 4. The first-order valence-corrected chi connectivity index (χ1v) is 10.1. The van der Waals surface area contributed by atoms with Gasteiger partial charge < -0.3 is 10.1 Å². The Kier molecular flexibility index (Phi) is 7.01. The molecule has 0 spiro atoms. The Bertz CT molecular complexity index is 994. The molecule has 0 aliphatic heterocycles. The van der Waals surface area contributed by atoms with Crippen LogP contribution < -0.4 is 5.32 Å². The fourth-order valence-electron chi connectivity index (χ4n) is 3.30. The Labute approximate surface area is 176 Å². The third-order valence-corrected chi connectivity index (χ3v) is 4.81. The first-order chi connectivity index (χ1) is 14.5. The molecule has 1 atom stereocenters. The van der Waals surface area contributed by atoms with Crippen LogP contribution in [0, 0.1) is 13.8 Å². The molecule has 1 N–H and O–H groups in total. The van der Waals surface area contributed by atoms with E-state index in [9.17, 15) is 9.59 Å². The van der Waals surface area contributed by atoms with E-state index in [-0.39, 0.29) is 12.5 Å². The second-order valence-electron chi connectivity index (χ2n) is 7.25. The van der Waals surface area contributed by atoms with E-state index in [1.54, 1.807) is 19.1 Å². The summed E-state index contributed by atoms with van der Waals surface area (Å²) in [5, 5.41) is 7.28. The van der Waals surface area contributed by atoms with Crippen LogP contribution in [0.3, 0.4) is 0 Å². The van der Waals surface area contributed by atoms with Crippen molar-refractivity contribution in [1.29, 1.82) is 0 Å². The van der Waals surface area contributed by atoms with Gasteiger partial charge in [0.25, 0.3) is 5.91 Å². The van der Waals surface area contributed by atoms with E-state index < -0.39 is 12.0 Å². The minimum atomic E-state index is -0.741. The molecule has 30 heavy (non-hydrogen) atoms. The average molecular weight is 405 g/mol. The smallest absolute Gasteiger partial charge is 0.328 e. The number of rotatable bonds is 8. The lowest BCUT2D eigenvalue weighted by molar-refractivity contribution is -0.145. The van der Waals surface area contributed by atoms with Gasteiger partial charge in [-0.15, -0.1) is 0 Å². The van der Waals surface area contributed by atoms with Crippen LogP contribution in [-0.2, 0) is 22.5 Å². The maximum Gasteiger partial charge on any atom is 0.328 e. The predicted molar refractivity (Wildman–Crippen MR) is 115 cm³/mol. The van der Waals surface area contributed by atoms with Crippen LogP contribution in [-0.4, -0.2) is 34.3 Å². The lowest BCUT2D eigenvalue weighted by atomic mass is 10.0. The second-order valence-corrected chi connectivity index (χ2v) is 7.25. The Morgan fingerprint density at radius 3 is 2.33 bits per heavy atom. The number of amides is 1. The number of esters is 1. The number of nitrogens with zero attached hydrogens (tertiary/aromatic N) is 2. The molecule has 0 aliphatic rings. The zero-order valence-corrected chi connectivity index (χ0v) is 17.6. The van der Waals surface area contributed by atoms with Crippen LogP contribution in [0.2, 0.25) is 0 Å². The lowest BCUT2D eigenvalue weighted by Crippen LogP contribution is -2.43. The molecule has 6 nitrogen and oxygen atoms in total. The Hall–Kier alpha value is -3.41. The normalized spacial score (nSPS) is 11.7. The van der Waals surface area contributed by atoms with Gasteiger partial charge >= 0.3 is 5.97 Å². The third-order valence-electron chi connectivity index (χ3n) is 4.81. The fourth-order valence-corrected chi connectivity index (χ4v) is 3.30. The molecule has 0 bridgehead atoms. The van der Waals surface area contributed by atoms with Crippen molar-refractivity contribution in [3.63, 3.8) is 0 Å². The molecule has 0 fully saturated rings. The summed E-state index contributed by atoms with van der Waals surface area (Å²) in [4.78, 5) is 25.1. The summed E-state index contributed by atoms with van der Waals surface area (Å²) >= 11 is 0. The number of benzene rings is 2. The monoisotopic (exact) mass is 405 g/mol. The standard InChI is InChI=1S/C24H27N3O3/c1-4-30-24(29)22(15-19-8-6-5-7-9-19)25-23(28)21-12-10-20(11-13-21)16-27-18(3)14-17(2)26-27/h5-14,22H,4,15-16H2,1-3H3,(H,25,28). The SMILES string of the molecule is CCOC(=O)C(Cc1ccccc1)NC(=O)c1ccc(Cn2nc(C)cc2C)cc1. The number of carbonyl (C=O) groups excluding carboxylic acids is 2. The highest BCUT2D eigenvalue weighted by molar-refractivity contribution is 5.96. The molecule has 1 aromatic heterocycles. The summed E-state index contributed by atoms with van der Waals surface area (Å²) in [5.41, 5.74) is 4.56. The van der Waals surface area contributed by atoms with Crippen molar-refractivity contribution in [2.45, 2.75) is 39.8 Å². The van der Waals surface area contributed by atoms with Crippen molar-refractivity contribution in [1.82, 2.24) is 15.1 Å². The van der Waals surface area contributed by atoms with Crippen molar-refractivity contribution >= 4 is 11.9 Å². The molecule has 1 unspecified atom stereocenters. The molecule has 0 saturated heterocycles. The largest absolute Gasteiger partial charge is 0.464 e. The van der Waals surface area contributed by atoms with Gasteiger partial charge in [-0.1, -0.05) is 42.5 Å². The van der Waals surface area contributed by atoms with E-state index in [1.165, 1.54) is 0 Å². The van der Waals surface area contributed by atoms with Crippen molar-refractivity contribution in [2.75, 3.05) is 6.61 Å². The van der Waals surface area contributed by atoms with Gasteiger partial charge in [-0.2, -0.15) is 5.10 Å². The molecule has 0 aliphatic carbocycles. The summed E-state index contributed by atoms with van der Waals surface area (Å²) in [6.07, 6.45) is 0.376. The van der Waals surface area contributed by atoms with Gasteiger partial charge in [0.15, 0.2) is 0 Å². The topological polar surface area (TPSA) is 73.2 Å². The molecule has 3 rings (SSSR count). The summed E-state index contributed by atoms with van der Waals surface area (Å²) in [6, 6.07) is 18.2. The minimum Gasteiger partial charge on any atom is -0.464 e. The van der Waals surface area contributed by atoms with Crippen molar-refractivity contribution in [2.24, 2.45) is 0 Å². The van der Waals surface area contributed by atoms with Crippen molar-refractivity contribution in [3.05, 3.63) is 88.7 Å². The molecule has 0 radical (unpaired) electrons. The maximum absolute atomic E-state index is 12.7. The summed E-state index contributed by atoms with van der Waals surface area (Å²) in [5.74, 6) is -0.738. The van der Waals surface area contributed by atoms with Gasteiger partial charge in [0.2, 0.25) is 0 Å². The Morgan fingerprint density at radius 1 is 1.03 bits per heavy atom. The number of aromatic nitrogens is 2. The first-order valence-electron chi connectivity index (χ1n) is 10.1. The quantitative estimate of drug-likeness (QED) is 0.583. The van der Waals surface area contributed by atoms with Gasteiger partial charge in [0.05, 0.1) is 18.8 Å². The van der Waals surface area contributed by atoms with Gasteiger partial charge in [0, 0.05) is 17.7 Å². The highest BCUT2D eigenvalue weighted by Gasteiger charge is 2.23. The molecule has 1 heterocycles. The van der Waals surface area contributed by atoms with Gasteiger partial charge in [-0.05, 0) is 50.1 Å². The van der Waals surface area contributed by atoms with Crippen LogP contribution in [0.4, 0.5) is 0 Å². The van der Waals surface area contributed by atoms with E-state index in [0.29, 0.717) is 18.5 Å². The molecule has 0 saturated carbocycles. The van der Waals surface area contributed by atoms with E-state index >= 15 is 0 Å². The van der Waals surface area contributed by atoms with Gasteiger partial charge in [-0.25, -0.2) is 4.79 Å². The fraction of sp³-hybridized carbons (Fsp3) is 0.292. The van der Waals surface area contributed by atoms with E-state index in [1.807, 2.05) is 67.1 Å². The maximum atomic E-state index is 12.7. The zero-order chi connectivity index (χ0) is 21.5. The van der Waals surface area contributed by atoms with E-state index in [4.69, 9.17) is 4.74 Å². The van der Waals surface area contributed by atoms with E-state index in [0.717, 1.165) is 22.5 Å². The number of hydrogen-bond donors (Lipinski definition) is 1. The van der Waals surface area contributed by atoms with Crippen molar-refractivity contribution in [3.8, 4) is 0 Å². The molecule has 3 aromatic rings. The number of aryl methyl sites for hydroxylation is 2. The summed E-state index contributed by atoms with van der Waals surface area (Å²) < 4.78 is 7.08. The van der Waals surface area contributed by atoms with Crippen LogP contribution in [0.25, 0.3) is 0 Å². The highest BCUT2D eigenvalue weighted by atomic mass is 16.5. The highest BCUT2D eigenvalue weighted by Crippen LogP contribution is 2.11. The Balaban J connectivity index is 1.68. The third kappa shape index (κ3) is 5.56. The van der Waals surface area contributed by atoms with Gasteiger partial charge in [-0.3, -0.25) is 9.48 Å². The van der Waals surface area contributed by atoms with E-state index in [2.05, 4.69) is 10.4 Å². The average Bonchev–Trinajstić information content (AvgIpc) is 3.05. The lowest BCUT2D eigenvalue weighted by Gasteiger charge is -2.17. The molecule has 6 heteroatoms.